The van der Waals surface area contributed by atoms with Crippen LogP contribution in [0.3, 0.4) is 0 Å². The molecule has 0 amide bonds. The van der Waals surface area contributed by atoms with Crippen LogP contribution in [-0.2, 0) is 0 Å². The molecular formula is C14H20N4S. The van der Waals surface area contributed by atoms with Crippen molar-refractivity contribution in [2.24, 2.45) is 9.98 Å². The molecule has 0 saturated carbocycles. The summed E-state index contributed by atoms with van der Waals surface area (Å²) in [5.41, 5.74) is 1.08. The molecule has 102 valence electrons. The summed E-state index contributed by atoms with van der Waals surface area (Å²) in [5.74, 6) is 1.97. The fourth-order valence-electron chi connectivity index (χ4n) is 2.07. The molecule has 1 atom stereocenters. The molecule has 2 heterocycles. The van der Waals surface area contributed by atoms with Crippen molar-refractivity contribution in [3.63, 3.8) is 0 Å². The highest BCUT2D eigenvalue weighted by molar-refractivity contribution is 7.14. The summed E-state index contributed by atoms with van der Waals surface area (Å²) >= 11 is 1.71. The van der Waals surface area contributed by atoms with Crippen molar-refractivity contribution >= 4 is 28.0 Å². The smallest absolute Gasteiger partial charge is 0.141 e. The summed E-state index contributed by atoms with van der Waals surface area (Å²) < 4.78 is 0. The molecule has 1 aliphatic rings. The van der Waals surface area contributed by atoms with E-state index >= 15 is 0 Å². The number of anilines is 1. The molecule has 19 heavy (non-hydrogen) atoms. The summed E-state index contributed by atoms with van der Waals surface area (Å²) in [6.07, 6.45) is 2.03. The molecule has 0 spiro atoms. The normalized spacial score (nSPS) is 21.1. The Morgan fingerprint density at radius 1 is 1.21 bits per heavy atom. The van der Waals surface area contributed by atoms with Crippen LogP contribution in [0.25, 0.3) is 0 Å². The van der Waals surface area contributed by atoms with Crippen LogP contribution in [-0.4, -0.2) is 43.9 Å². The van der Waals surface area contributed by atoms with Gasteiger partial charge < -0.3 is 9.80 Å². The predicted molar refractivity (Wildman–Crippen MR) is 84.5 cm³/mol. The molecule has 0 fully saturated rings. The van der Waals surface area contributed by atoms with Crippen molar-refractivity contribution in [2.45, 2.75) is 20.0 Å². The van der Waals surface area contributed by atoms with Crippen molar-refractivity contribution < 1.29 is 0 Å². The molecule has 0 radical (unpaired) electrons. The van der Waals surface area contributed by atoms with E-state index in [4.69, 9.17) is 0 Å². The molecule has 1 unspecified atom stereocenters. The average Bonchev–Trinajstić information content (AvgIpc) is 2.90. The zero-order chi connectivity index (χ0) is 14.0. The van der Waals surface area contributed by atoms with Crippen LogP contribution < -0.4 is 4.90 Å². The van der Waals surface area contributed by atoms with Crippen molar-refractivity contribution in [3.05, 3.63) is 29.2 Å². The molecule has 1 aromatic heterocycles. The monoisotopic (exact) mass is 276 g/mol. The number of nitrogens with zero attached hydrogens (tertiary/aromatic N) is 4. The van der Waals surface area contributed by atoms with Gasteiger partial charge in [-0.25, -0.2) is 9.98 Å². The topological polar surface area (TPSA) is 31.2 Å². The first-order chi connectivity index (χ1) is 9.04. The second kappa shape index (κ2) is 5.57. The molecule has 4 nitrogen and oxygen atoms in total. The highest BCUT2D eigenvalue weighted by Crippen LogP contribution is 2.25. The second-order valence-electron chi connectivity index (χ2n) is 4.64. The van der Waals surface area contributed by atoms with Crippen LogP contribution >= 0.6 is 11.3 Å². The Hall–Kier alpha value is -1.62. The van der Waals surface area contributed by atoms with E-state index in [0.29, 0.717) is 0 Å². The molecule has 0 bridgehead atoms. The average molecular weight is 276 g/mol. The number of hydrogen-bond acceptors (Lipinski definition) is 5. The van der Waals surface area contributed by atoms with E-state index in [1.807, 2.05) is 32.8 Å². The summed E-state index contributed by atoms with van der Waals surface area (Å²) in [6, 6.07) is 4.16. The van der Waals surface area contributed by atoms with Gasteiger partial charge in [-0.05, 0) is 31.4 Å². The lowest BCUT2D eigenvalue weighted by Crippen LogP contribution is -2.39. The van der Waals surface area contributed by atoms with Crippen LogP contribution in [0, 0.1) is 0 Å². The lowest BCUT2D eigenvalue weighted by Gasteiger charge is -2.29. The van der Waals surface area contributed by atoms with E-state index in [9.17, 15) is 0 Å². The fourth-order valence-corrected chi connectivity index (χ4v) is 2.77. The Labute approximate surface area is 118 Å². The summed E-state index contributed by atoms with van der Waals surface area (Å²) in [6.45, 7) is 4.04. The van der Waals surface area contributed by atoms with Crippen molar-refractivity contribution in [1.82, 2.24) is 4.90 Å². The SMILES string of the molecule is C/C=C1/C(N(C)C)=NC(C)N=C1N(C)c1cccs1. The first-order valence-electron chi connectivity index (χ1n) is 6.31. The van der Waals surface area contributed by atoms with E-state index in [-0.39, 0.29) is 6.17 Å². The van der Waals surface area contributed by atoms with E-state index in [1.165, 1.54) is 5.00 Å². The number of thiophene rings is 1. The highest BCUT2D eigenvalue weighted by Gasteiger charge is 2.25. The van der Waals surface area contributed by atoms with E-state index in [1.54, 1.807) is 11.3 Å². The van der Waals surface area contributed by atoms with Crippen LogP contribution in [0.2, 0.25) is 0 Å². The molecule has 0 aromatic carbocycles. The highest BCUT2D eigenvalue weighted by atomic mass is 32.1. The summed E-state index contributed by atoms with van der Waals surface area (Å²) in [4.78, 5) is 13.5. The Balaban J connectivity index is 2.39. The Kier molecular flexibility index (Phi) is 4.04. The number of likely N-dealkylation sites (N-methyl/N-ethyl adjacent to an activating group) is 2. The predicted octanol–water partition coefficient (Wildman–Crippen LogP) is 2.85. The van der Waals surface area contributed by atoms with Crippen molar-refractivity contribution in [2.75, 3.05) is 26.0 Å². The first-order valence-corrected chi connectivity index (χ1v) is 7.19. The molecule has 2 rings (SSSR count). The number of allylic oxidation sites excluding steroid dienone is 1. The van der Waals surface area contributed by atoms with Gasteiger partial charge in [0.05, 0.1) is 10.6 Å². The molecule has 0 aliphatic carbocycles. The standard InChI is InChI=1S/C14H20N4S/c1-6-11-13(17(3)4)15-10(2)16-14(11)18(5)12-8-7-9-19-12/h6-10H,1-5H3/b11-6-. The molecule has 0 N–H and O–H groups in total. The zero-order valence-electron chi connectivity index (χ0n) is 12.1. The Bertz CT molecular complexity index is 526. The largest absolute Gasteiger partial charge is 0.362 e. The van der Waals surface area contributed by atoms with Crippen LogP contribution in [0.15, 0.2) is 39.1 Å². The fraction of sp³-hybridized carbons (Fsp3) is 0.429. The van der Waals surface area contributed by atoms with Gasteiger partial charge in [-0.15, -0.1) is 11.3 Å². The lowest BCUT2D eigenvalue weighted by molar-refractivity contribution is 0.605. The third-order valence-electron chi connectivity index (χ3n) is 2.97. The Morgan fingerprint density at radius 2 is 1.89 bits per heavy atom. The molecular weight excluding hydrogens is 256 g/mol. The van der Waals surface area contributed by atoms with E-state index < -0.39 is 0 Å². The maximum atomic E-state index is 4.69. The quantitative estimate of drug-likeness (QED) is 0.790. The summed E-state index contributed by atoms with van der Waals surface area (Å²) in [5, 5.41) is 3.26. The third-order valence-corrected chi connectivity index (χ3v) is 3.91. The van der Waals surface area contributed by atoms with Gasteiger partial charge in [-0.3, -0.25) is 0 Å². The molecule has 1 aliphatic heterocycles. The van der Waals surface area contributed by atoms with Gasteiger partial charge in [-0.2, -0.15) is 0 Å². The van der Waals surface area contributed by atoms with Crippen LogP contribution in [0.5, 0.6) is 0 Å². The number of rotatable bonds is 1. The molecule has 1 aromatic rings. The second-order valence-corrected chi connectivity index (χ2v) is 5.57. The lowest BCUT2D eigenvalue weighted by atomic mass is 10.1. The molecule has 0 saturated heterocycles. The van der Waals surface area contributed by atoms with Gasteiger partial charge in [0, 0.05) is 21.1 Å². The number of amidine groups is 2. The maximum Gasteiger partial charge on any atom is 0.141 e. The zero-order valence-corrected chi connectivity index (χ0v) is 12.9. The van der Waals surface area contributed by atoms with Crippen molar-refractivity contribution in [3.8, 4) is 0 Å². The van der Waals surface area contributed by atoms with Crippen LogP contribution in [0.1, 0.15) is 13.8 Å². The maximum absolute atomic E-state index is 4.69. The third kappa shape index (κ3) is 2.71. The van der Waals surface area contributed by atoms with Gasteiger partial charge in [0.25, 0.3) is 0 Å². The summed E-state index contributed by atoms with van der Waals surface area (Å²) in [7, 11) is 6.09. The van der Waals surface area contributed by atoms with E-state index in [0.717, 1.165) is 17.2 Å². The first kappa shape index (κ1) is 13.8. The minimum atomic E-state index is -0.0430. The molecule has 5 heteroatoms. The van der Waals surface area contributed by atoms with Gasteiger partial charge in [-0.1, -0.05) is 6.08 Å². The number of aliphatic imine (C=N–C) groups is 2. The Morgan fingerprint density at radius 3 is 2.42 bits per heavy atom. The minimum Gasteiger partial charge on any atom is -0.362 e. The van der Waals surface area contributed by atoms with Gasteiger partial charge in [0.15, 0.2) is 0 Å². The van der Waals surface area contributed by atoms with Crippen LogP contribution in [0.4, 0.5) is 5.00 Å². The van der Waals surface area contributed by atoms with E-state index in [2.05, 4.69) is 45.5 Å². The number of hydrogen-bond donors (Lipinski definition) is 0. The van der Waals surface area contributed by atoms with Gasteiger partial charge in [0.1, 0.15) is 17.8 Å². The van der Waals surface area contributed by atoms with Gasteiger partial charge in [0.2, 0.25) is 0 Å². The van der Waals surface area contributed by atoms with Crippen molar-refractivity contribution in [1.29, 1.82) is 0 Å². The minimum absolute atomic E-state index is 0.0430. The van der Waals surface area contributed by atoms with Gasteiger partial charge >= 0.3 is 0 Å².